The minimum Gasteiger partial charge on any atom is -0.340 e. The maximum atomic E-state index is 11.2. The topological polar surface area (TPSA) is 52.9 Å². The molecule has 0 bridgehead atoms. The lowest BCUT2D eigenvalue weighted by molar-refractivity contribution is -0.124. The van der Waals surface area contributed by atoms with Crippen LogP contribution in [0.5, 0.6) is 0 Å². The summed E-state index contributed by atoms with van der Waals surface area (Å²) in [6, 6.07) is 1.58. The molecule has 0 spiro atoms. The van der Waals surface area contributed by atoms with Gasteiger partial charge in [-0.1, -0.05) is 20.3 Å². The van der Waals surface area contributed by atoms with E-state index in [1.165, 1.54) is 0 Å². The molecule has 0 aliphatic carbocycles. The van der Waals surface area contributed by atoms with Gasteiger partial charge in [0.25, 0.3) is 0 Å². The average molecular weight is 168 g/mol. The van der Waals surface area contributed by atoms with Gasteiger partial charge < -0.3 is 5.32 Å². The van der Waals surface area contributed by atoms with E-state index in [1.807, 2.05) is 19.9 Å². The second kappa shape index (κ2) is 5.59. The van der Waals surface area contributed by atoms with Crippen molar-refractivity contribution in [3.05, 3.63) is 0 Å². The molecule has 2 unspecified atom stereocenters. The largest absolute Gasteiger partial charge is 0.340 e. The van der Waals surface area contributed by atoms with E-state index in [0.717, 1.165) is 12.8 Å². The minimum atomic E-state index is -0.378. The van der Waals surface area contributed by atoms with Crippen molar-refractivity contribution in [2.24, 2.45) is 5.92 Å². The molecule has 0 heterocycles. The molecular formula is C9H16N2O. The first kappa shape index (κ1) is 11.0. The molecule has 0 fully saturated rings. The summed E-state index contributed by atoms with van der Waals surface area (Å²) in [7, 11) is 0. The molecule has 0 saturated heterocycles. The van der Waals surface area contributed by atoms with Gasteiger partial charge in [-0.25, -0.2) is 0 Å². The van der Waals surface area contributed by atoms with E-state index in [0.29, 0.717) is 0 Å². The second-order valence-corrected chi connectivity index (χ2v) is 3.05. The molecule has 0 radical (unpaired) electrons. The van der Waals surface area contributed by atoms with Gasteiger partial charge in [0.05, 0.1) is 6.07 Å². The first-order chi connectivity index (χ1) is 5.61. The molecule has 3 nitrogen and oxygen atoms in total. The molecule has 1 amide bonds. The highest BCUT2D eigenvalue weighted by Crippen LogP contribution is 2.04. The van der Waals surface area contributed by atoms with Gasteiger partial charge in [-0.2, -0.15) is 5.26 Å². The lowest BCUT2D eigenvalue weighted by atomic mass is 10.1. The van der Waals surface area contributed by atoms with Crippen LogP contribution in [0.15, 0.2) is 0 Å². The van der Waals surface area contributed by atoms with Gasteiger partial charge in [0, 0.05) is 5.92 Å². The third kappa shape index (κ3) is 3.97. The van der Waals surface area contributed by atoms with Crippen LogP contribution in [0.1, 0.15) is 33.6 Å². The minimum absolute atomic E-state index is 0.0193. The quantitative estimate of drug-likeness (QED) is 0.690. The number of nitrogens with zero attached hydrogens (tertiary/aromatic N) is 1. The average Bonchev–Trinajstić information content (AvgIpc) is 2.04. The van der Waals surface area contributed by atoms with Gasteiger partial charge >= 0.3 is 0 Å². The summed E-state index contributed by atoms with van der Waals surface area (Å²) in [5.41, 5.74) is 0. The number of rotatable bonds is 4. The van der Waals surface area contributed by atoms with Crippen LogP contribution in [0.4, 0.5) is 0 Å². The molecule has 68 valence electrons. The molecule has 3 heteroatoms. The van der Waals surface area contributed by atoms with Crippen LogP contribution in [0.3, 0.4) is 0 Å². The van der Waals surface area contributed by atoms with Crippen LogP contribution < -0.4 is 5.32 Å². The molecule has 0 rings (SSSR count). The summed E-state index contributed by atoms with van der Waals surface area (Å²) in [6.07, 6.45) is 1.87. The van der Waals surface area contributed by atoms with Crippen molar-refractivity contribution in [1.82, 2.24) is 5.32 Å². The zero-order valence-electron chi connectivity index (χ0n) is 7.92. The second-order valence-electron chi connectivity index (χ2n) is 3.05. The number of carbonyl (C=O) groups is 1. The van der Waals surface area contributed by atoms with Crippen molar-refractivity contribution in [3.63, 3.8) is 0 Å². The zero-order valence-corrected chi connectivity index (χ0v) is 7.92. The Hall–Kier alpha value is -1.04. The Kier molecular flexibility index (Phi) is 5.11. The van der Waals surface area contributed by atoms with Gasteiger partial charge in [0.15, 0.2) is 0 Å². The van der Waals surface area contributed by atoms with Gasteiger partial charge in [-0.3, -0.25) is 4.79 Å². The SMILES string of the molecule is CCCC(C)C(=O)NC(C)C#N. The van der Waals surface area contributed by atoms with E-state index >= 15 is 0 Å². The van der Waals surface area contributed by atoms with Crippen LogP contribution in [-0.4, -0.2) is 11.9 Å². The van der Waals surface area contributed by atoms with Gasteiger partial charge in [0.2, 0.25) is 5.91 Å². The maximum absolute atomic E-state index is 11.2. The molecule has 0 aliphatic heterocycles. The third-order valence-corrected chi connectivity index (χ3v) is 1.72. The molecule has 0 aromatic rings. The Morgan fingerprint density at radius 3 is 2.58 bits per heavy atom. The van der Waals surface area contributed by atoms with E-state index < -0.39 is 0 Å². The van der Waals surface area contributed by atoms with E-state index in [9.17, 15) is 4.79 Å². The summed E-state index contributed by atoms with van der Waals surface area (Å²) in [5, 5.41) is 11.0. The standard InChI is InChI=1S/C9H16N2O/c1-4-5-7(2)9(12)11-8(3)6-10/h7-8H,4-5H2,1-3H3,(H,11,12). The van der Waals surface area contributed by atoms with Crippen LogP contribution in [0.25, 0.3) is 0 Å². The third-order valence-electron chi connectivity index (χ3n) is 1.72. The highest BCUT2D eigenvalue weighted by atomic mass is 16.1. The predicted molar refractivity (Wildman–Crippen MR) is 47.3 cm³/mol. The van der Waals surface area contributed by atoms with Crippen molar-refractivity contribution in [1.29, 1.82) is 5.26 Å². The van der Waals surface area contributed by atoms with Gasteiger partial charge in [0.1, 0.15) is 6.04 Å². The summed E-state index contributed by atoms with van der Waals surface area (Å²) in [5.74, 6) is -0.00306. The molecule has 1 N–H and O–H groups in total. The lowest BCUT2D eigenvalue weighted by Gasteiger charge is -2.11. The highest BCUT2D eigenvalue weighted by Gasteiger charge is 2.13. The Labute approximate surface area is 73.8 Å². The first-order valence-electron chi connectivity index (χ1n) is 4.31. The Balaban J connectivity index is 3.80. The number of nitriles is 1. The van der Waals surface area contributed by atoms with Crippen molar-refractivity contribution < 1.29 is 4.79 Å². The molecule has 12 heavy (non-hydrogen) atoms. The monoisotopic (exact) mass is 168 g/mol. The molecular weight excluding hydrogens is 152 g/mol. The zero-order chi connectivity index (χ0) is 9.56. The summed E-state index contributed by atoms with van der Waals surface area (Å²) in [4.78, 5) is 11.2. The van der Waals surface area contributed by atoms with E-state index in [2.05, 4.69) is 5.32 Å². The van der Waals surface area contributed by atoms with Gasteiger partial charge in [-0.15, -0.1) is 0 Å². The van der Waals surface area contributed by atoms with Crippen LogP contribution in [-0.2, 0) is 4.79 Å². The summed E-state index contributed by atoms with van der Waals surface area (Å²) >= 11 is 0. The first-order valence-corrected chi connectivity index (χ1v) is 4.31. The van der Waals surface area contributed by atoms with Crippen LogP contribution >= 0.6 is 0 Å². The number of hydrogen-bond acceptors (Lipinski definition) is 2. The summed E-state index contributed by atoms with van der Waals surface area (Å²) in [6.45, 7) is 5.59. The maximum Gasteiger partial charge on any atom is 0.223 e. The van der Waals surface area contributed by atoms with Crippen molar-refractivity contribution >= 4 is 5.91 Å². The number of carbonyl (C=O) groups excluding carboxylic acids is 1. The lowest BCUT2D eigenvalue weighted by Crippen LogP contribution is -2.35. The van der Waals surface area contributed by atoms with E-state index in [-0.39, 0.29) is 17.9 Å². The Morgan fingerprint density at radius 2 is 2.17 bits per heavy atom. The van der Waals surface area contributed by atoms with Gasteiger partial charge in [-0.05, 0) is 13.3 Å². The molecule has 0 aromatic carbocycles. The fraction of sp³-hybridized carbons (Fsp3) is 0.778. The van der Waals surface area contributed by atoms with Crippen LogP contribution in [0, 0.1) is 17.2 Å². The van der Waals surface area contributed by atoms with Crippen molar-refractivity contribution in [3.8, 4) is 6.07 Å². The molecule has 0 aromatic heterocycles. The normalized spacial score (nSPS) is 14.5. The number of amides is 1. The molecule has 2 atom stereocenters. The number of nitrogens with one attached hydrogen (secondary N) is 1. The fourth-order valence-electron chi connectivity index (χ4n) is 0.952. The van der Waals surface area contributed by atoms with Crippen LogP contribution in [0.2, 0.25) is 0 Å². The van der Waals surface area contributed by atoms with Crippen molar-refractivity contribution in [2.75, 3.05) is 0 Å². The Morgan fingerprint density at radius 1 is 1.58 bits per heavy atom. The number of hydrogen-bond donors (Lipinski definition) is 1. The fourth-order valence-corrected chi connectivity index (χ4v) is 0.952. The highest BCUT2D eigenvalue weighted by molar-refractivity contribution is 5.78. The van der Waals surface area contributed by atoms with Crippen molar-refractivity contribution in [2.45, 2.75) is 39.7 Å². The molecule has 0 saturated carbocycles. The van der Waals surface area contributed by atoms with E-state index in [4.69, 9.17) is 5.26 Å². The molecule has 0 aliphatic rings. The predicted octanol–water partition coefficient (Wildman–Crippen LogP) is 1.45. The smallest absolute Gasteiger partial charge is 0.223 e. The Bertz CT molecular complexity index is 183. The summed E-state index contributed by atoms with van der Waals surface area (Å²) < 4.78 is 0. The van der Waals surface area contributed by atoms with E-state index in [1.54, 1.807) is 6.92 Å².